The summed E-state index contributed by atoms with van der Waals surface area (Å²) in [5, 5.41) is 2.83. The zero-order valence-corrected chi connectivity index (χ0v) is 15.8. The fourth-order valence-corrected chi connectivity index (χ4v) is 2.88. The molecule has 1 aromatic heterocycles. The molecule has 0 radical (unpaired) electrons. The number of carbonyl (C=O) groups excluding carboxylic acids is 2. The quantitative estimate of drug-likeness (QED) is 0.838. The van der Waals surface area contributed by atoms with E-state index in [0.29, 0.717) is 5.56 Å². The van der Waals surface area contributed by atoms with Crippen LogP contribution >= 0.6 is 0 Å². The molecule has 1 N–H and O–H groups in total. The van der Waals surface area contributed by atoms with Crippen molar-refractivity contribution in [1.29, 1.82) is 0 Å². The molecule has 0 unspecified atom stereocenters. The third kappa shape index (κ3) is 4.10. The molecular formula is C20H26N2O3. The lowest BCUT2D eigenvalue weighted by Crippen LogP contribution is -2.30. The second-order valence-electron chi connectivity index (χ2n) is 6.38. The maximum Gasteiger partial charge on any atom is 0.340 e. The number of benzene rings is 1. The van der Waals surface area contributed by atoms with E-state index in [4.69, 9.17) is 4.74 Å². The molecule has 1 amide bonds. The second kappa shape index (κ2) is 7.55. The minimum atomic E-state index is -0.878. The second-order valence-corrected chi connectivity index (χ2v) is 6.38. The Morgan fingerprint density at radius 2 is 1.84 bits per heavy atom. The zero-order valence-electron chi connectivity index (χ0n) is 15.8. The number of aromatic nitrogens is 1. The van der Waals surface area contributed by atoms with Crippen molar-refractivity contribution in [2.24, 2.45) is 0 Å². The highest BCUT2D eigenvalue weighted by Crippen LogP contribution is 2.19. The van der Waals surface area contributed by atoms with E-state index in [2.05, 4.69) is 5.32 Å². The van der Waals surface area contributed by atoms with Crippen molar-refractivity contribution in [2.75, 3.05) is 5.32 Å². The van der Waals surface area contributed by atoms with Crippen molar-refractivity contribution in [3.63, 3.8) is 0 Å². The lowest BCUT2D eigenvalue weighted by atomic mass is 10.1. The molecule has 1 heterocycles. The molecule has 134 valence electrons. The molecule has 2 aromatic rings. The number of nitrogens with zero attached hydrogens (tertiary/aromatic N) is 1. The fraction of sp³-hybridized carbons (Fsp3) is 0.400. The van der Waals surface area contributed by atoms with Gasteiger partial charge in [0.05, 0.1) is 5.56 Å². The van der Waals surface area contributed by atoms with Crippen molar-refractivity contribution < 1.29 is 14.3 Å². The van der Waals surface area contributed by atoms with E-state index in [1.54, 1.807) is 13.0 Å². The molecule has 0 saturated heterocycles. The van der Waals surface area contributed by atoms with Gasteiger partial charge >= 0.3 is 5.97 Å². The van der Waals surface area contributed by atoms with E-state index in [1.165, 1.54) is 0 Å². The van der Waals surface area contributed by atoms with Crippen LogP contribution in [0.25, 0.3) is 0 Å². The molecule has 0 spiro atoms. The standard InChI is InChI=1S/C20H26N2O3/c1-7-22-14(4)11-17(15(22)5)20(24)25-16(6)19(23)21-18-10-12(2)8-9-13(18)3/h8-11,16H,7H2,1-6H3,(H,21,23)/t16-/m1/s1. The fourth-order valence-electron chi connectivity index (χ4n) is 2.88. The van der Waals surface area contributed by atoms with Gasteiger partial charge in [-0.1, -0.05) is 12.1 Å². The zero-order chi connectivity index (χ0) is 18.7. The van der Waals surface area contributed by atoms with Crippen molar-refractivity contribution in [1.82, 2.24) is 4.57 Å². The van der Waals surface area contributed by atoms with Gasteiger partial charge in [0.2, 0.25) is 0 Å². The Hall–Kier alpha value is -2.56. The van der Waals surface area contributed by atoms with Crippen LogP contribution in [-0.4, -0.2) is 22.5 Å². The van der Waals surface area contributed by atoms with E-state index in [0.717, 1.165) is 34.7 Å². The molecule has 5 heteroatoms. The highest BCUT2D eigenvalue weighted by atomic mass is 16.5. The molecule has 0 bridgehead atoms. The summed E-state index contributed by atoms with van der Waals surface area (Å²) in [5.41, 5.74) is 5.11. The number of anilines is 1. The maximum absolute atomic E-state index is 12.4. The summed E-state index contributed by atoms with van der Waals surface area (Å²) in [7, 11) is 0. The minimum Gasteiger partial charge on any atom is -0.449 e. The topological polar surface area (TPSA) is 60.3 Å². The highest BCUT2D eigenvalue weighted by molar-refractivity contribution is 5.98. The summed E-state index contributed by atoms with van der Waals surface area (Å²) >= 11 is 0. The Bertz CT molecular complexity index is 806. The van der Waals surface area contributed by atoms with E-state index < -0.39 is 12.1 Å². The van der Waals surface area contributed by atoms with E-state index in [9.17, 15) is 9.59 Å². The average molecular weight is 342 g/mol. The van der Waals surface area contributed by atoms with Crippen LogP contribution in [0.15, 0.2) is 24.3 Å². The smallest absolute Gasteiger partial charge is 0.340 e. The Morgan fingerprint density at radius 3 is 2.44 bits per heavy atom. The van der Waals surface area contributed by atoms with E-state index in [1.807, 2.05) is 57.4 Å². The van der Waals surface area contributed by atoms with Crippen molar-refractivity contribution in [3.05, 3.63) is 52.3 Å². The number of rotatable bonds is 5. The van der Waals surface area contributed by atoms with Gasteiger partial charge in [0.1, 0.15) is 0 Å². The molecule has 0 aliphatic heterocycles. The number of carbonyl (C=O) groups is 2. The minimum absolute atomic E-state index is 0.341. The van der Waals surface area contributed by atoms with Crippen LogP contribution in [0.5, 0.6) is 0 Å². The summed E-state index contributed by atoms with van der Waals surface area (Å²) in [6.45, 7) is 12.1. The van der Waals surface area contributed by atoms with Crippen molar-refractivity contribution >= 4 is 17.6 Å². The first-order chi connectivity index (χ1) is 11.7. The predicted octanol–water partition coefficient (Wildman–Crippen LogP) is 3.93. The molecule has 0 aliphatic carbocycles. The Kier molecular flexibility index (Phi) is 5.67. The Morgan fingerprint density at radius 1 is 1.16 bits per heavy atom. The third-order valence-corrected chi connectivity index (χ3v) is 4.41. The largest absolute Gasteiger partial charge is 0.449 e. The number of aryl methyl sites for hydroxylation is 3. The summed E-state index contributed by atoms with van der Waals surface area (Å²) in [5.74, 6) is -0.817. The Balaban J connectivity index is 2.08. The molecule has 25 heavy (non-hydrogen) atoms. The molecule has 2 rings (SSSR count). The summed E-state index contributed by atoms with van der Waals surface area (Å²) < 4.78 is 7.41. The molecule has 1 aromatic carbocycles. The number of amides is 1. The van der Waals surface area contributed by atoms with E-state index >= 15 is 0 Å². The van der Waals surface area contributed by atoms with Gasteiger partial charge < -0.3 is 14.6 Å². The first kappa shape index (κ1) is 18.8. The van der Waals surface area contributed by atoms with Gasteiger partial charge in [-0.15, -0.1) is 0 Å². The van der Waals surface area contributed by atoms with Gasteiger partial charge in [0.25, 0.3) is 5.91 Å². The lowest BCUT2D eigenvalue weighted by molar-refractivity contribution is -0.123. The van der Waals surface area contributed by atoms with Crippen LogP contribution in [-0.2, 0) is 16.1 Å². The van der Waals surface area contributed by atoms with Gasteiger partial charge in [-0.2, -0.15) is 0 Å². The number of hydrogen-bond donors (Lipinski definition) is 1. The third-order valence-electron chi connectivity index (χ3n) is 4.41. The molecule has 5 nitrogen and oxygen atoms in total. The molecular weight excluding hydrogens is 316 g/mol. The first-order valence-corrected chi connectivity index (χ1v) is 8.50. The van der Waals surface area contributed by atoms with E-state index in [-0.39, 0.29) is 5.91 Å². The number of hydrogen-bond acceptors (Lipinski definition) is 3. The van der Waals surface area contributed by atoms with Crippen LogP contribution in [0, 0.1) is 27.7 Å². The SMILES string of the molecule is CCn1c(C)cc(C(=O)O[C@H](C)C(=O)Nc2cc(C)ccc2C)c1C. The highest BCUT2D eigenvalue weighted by Gasteiger charge is 2.22. The van der Waals surface area contributed by atoms with Gasteiger partial charge in [-0.25, -0.2) is 4.79 Å². The maximum atomic E-state index is 12.4. The van der Waals surface area contributed by atoms with Crippen LogP contribution in [0.1, 0.15) is 46.7 Å². The van der Waals surface area contributed by atoms with Crippen LogP contribution < -0.4 is 5.32 Å². The summed E-state index contributed by atoms with van der Waals surface area (Å²) in [6.07, 6.45) is -0.878. The normalized spacial score (nSPS) is 11.9. The summed E-state index contributed by atoms with van der Waals surface area (Å²) in [6, 6.07) is 7.63. The number of ether oxygens (including phenoxy) is 1. The molecule has 0 fully saturated rings. The average Bonchev–Trinajstić information content (AvgIpc) is 2.84. The first-order valence-electron chi connectivity index (χ1n) is 8.50. The van der Waals surface area contributed by atoms with Crippen molar-refractivity contribution in [3.8, 4) is 0 Å². The monoisotopic (exact) mass is 342 g/mol. The van der Waals surface area contributed by atoms with Gasteiger partial charge in [0, 0.05) is 23.6 Å². The van der Waals surface area contributed by atoms with Crippen LogP contribution in [0.4, 0.5) is 5.69 Å². The Labute approximate surface area is 149 Å². The number of esters is 1. The van der Waals surface area contributed by atoms with Crippen molar-refractivity contribution in [2.45, 2.75) is 54.2 Å². The summed E-state index contributed by atoms with van der Waals surface area (Å²) in [4.78, 5) is 24.8. The predicted molar refractivity (Wildman–Crippen MR) is 99.0 cm³/mol. The van der Waals surface area contributed by atoms with Gasteiger partial charge in [0.15, 0.2) is 6.10 Å². The van der Waals surface area contributed by atoms with Gasteiger partial charge in [-0.05, 0) is 64.8 Å². The molecule has 0 saturated carbocycles. The number of nitrogens with one attached hydrogen (secondary N) is 1. The van der Waals surface area contributed by atoms with Crippen LogP contribution in [0.2, 0.25) is 0 Å². The van der Waals surface area contributed by atoms with Crippen LogP contribution in [0.3, 0.4) is 0 Å². The lowest BCUT2D eigenvalue weighted by Gasteiger charge is -2.15. The molecule has 1 atom stereocenters. The van der Waals surface area contributed by atoms with Gasteiger partial charge in [-0.3, -0.25) is 4.79 Å². The molecule has 0 aliphatic rings.